The normalized spacial score (nSPS) is 12.8. The summed E-state index contributed by atoms with van der Waals surface area (Å²) in [5.74, 6) is -0.942. The van der Waals surface area contributed by atoms with Crippen LogP contribution in [-0.2, 0) is 28.6 Å². The Hall–Kier alpha value is -3.67. The van der Waals surface area contributed by atoms with Crippen molar-refractivity contribution in [3.05, 3.63) is 97.2 Å². The Bertz CT molecular complexity index is 1440. The van der Waals surface area contributed by atoms with Crippen LogP contribution in [-0.4, -0.2) is 37.2 Å². The van der Waals surface area contributed by atoms with E-state index >= 15 is 0 Å². The molecule has 0 spiro atoms. The van der Waals surface area contributed by atoms with Crippen molar-refractivity contribution in [2.75, 3.05) is 13.2 Å². The minimum absolute atomic E-state index is 0.0950. The van der Waals surface area contributed by atoms with E-state index in [9.17, 15) is 14.4 Å². The highest BCUT2D eigenvalue weighted by Gasteiger charge is 2.19. The standard InChI is InChI=1S/C67H114O6/c1-4-7-10-13-16-19-22-25-28-30-31-32-33-34-35-37-39-42-45-48-51-54-57-60-66(69)72-63-64(62-71-65(68)59-56-53-50-47-44-41-38-27-24-21-18-15-12-9-6-3)73-67(70)61-58-55-52-49-46-43-40-36-29-26-23-20-17-14-11-8-5-2/h8-9,11-12,17-18,20-21,26-27,29-31,38,44,47,64H,4-7,10,13-16,19,22-25,28,32-37,39-43,45-46,48-63H2,1-3H3/b11-8-,12-9-,20-17-,21-18-,29-26-,31-30-,38-27-,47-44-. The molecule has 6 heteroatoms. The van der Waals surface area contributed by atoms with Gasteiger partial charge in [0, 0.05) is 19.3 Å². The second kappa shape index (κ2) is 60.9. The van der Waals surface area contributed by atoms with Gasteiger partial charge in [0.1, 0.15) is 13.2 Å². The zero-order valence-corrected chi connectivity index (χ0v) is 47.9. The van der Waals surface area contributed by atoms with Gasteiger partial charge < -0.3 is 14.2 Å². The van der Waals surface area contributed by atoms with Crippen molar-refractivity contribution in [3.63, 3.8) is 0 Å². The van der Waals surface area contributed by atoms with Crippen molar-refractivity contribution in [3.8, 4) is 0 Å². The van der Waals surface area contributed by atoms with Crippen LogP contribution in [0.2, 0.25) is 0 Å². The lowest BCUT2D eigenvalue weighted by atomic mass is 10.0. The van der Waals surface area contributed by atoms with E-state index in [-0.39, 0.29) is 31.1 Å². The van der Waals surface area contributed by atoms with E-state index in [0.29, 0.717) is 19.3 Å². The minimum atomic E-state index is -0.802. The number of unbranched alkanes of at least 4 members (excludes halogenated alkanes) is 28. The van der Waals surface area contributed by atoms with Crippen molar-refractivity contribution in [1.82, 2.24) is 0 Å². The molecule has 0 amide bonds. The molecule has 0 aliphatic heterocycles. The van der Waals surface area contributed by atoms with E-state index in [1.165, 1.54) is 141 Å². The highest BCUT2D eigenvalue weighted by Crippen LogP contribution is 2.16. The summed E-state index contributed by atoms with van der Waals surface area (Å²) in [4.78, 5) is 38.2. The summed E-state index contributed by atoms with van der Waals surface area (Å²) in [5.41, 5.74) is 0. The molecule has 73 heavy (non-hydrogen) atoms. The molecule has 1 unspecified atom stereocenters. The zero-order chi connectivity index (χ0) is 52.9. The predicted molar refractivity (Wildman–Crippen MR) is 316 cm³/mol. The largest absolute Gasteiger partial charge is 0.462 e. The van der Waals surface area contributed by atoms with Crippen LogP contribution in [0, 0.1) is 0 Å². The fraction of sp³-hybridized carbons (Fsp3) is 0.716. The van der Waals surface area contributed by atoms with Gasteiger partial charge in [-0.1, -0.05) is 253 Å². The highest BCUT2D eigenvalue weighted by atomic mass is 16.6. The highest BCUT2D eigenvalue weighted by molar-refractivity contribution is 5.71. The third-order valence-corrected chi connectivity index (χ3v) is 13.1. The third kappa shape index (κ3) is 59.1. The molecule has 0 bridgehead atoms. The monoisotopic (exact) mass is 1010 g/mol. The van der Waals surface area contributed by atoms with Gasteiger partial charge in [-0.15, -0.1) is 0 Å². The number of ether oxygens (including phenoxy) is 3. The first-order valence-electron chi connectivity index (χ1n) is 30.7. The van der Waals surface area contributed by atoms with Crippen LogP contribution in [0.4, 0.5) is 0 Å². The average Bonchev–Trinajstić information content (AvgIpc) is 3.39. The topological polar surface area (TPSA) is 78.9 Å². The first-order valence-corrected chi connectivity index (χ1v) is 30.7. The Balaban J connectivity index is 4.38. The average molecular weight is 1020 g/mol. The maximum absolute atomic E-state index is 12.9. The molecule has 1 atom stereocenters. The van der Waals surface area contributed by atoms with Crippen molar-refractivity contribution < 1.29 is 28.6 Å². The molecule has 0 aromatic rings. The lowest BCUT2D eigenvalue weighted by molar-refractivity contribution is -0.167. The van der Waals surface area contributed by atoms with E-state index in [1.54, 1.807) is 0 Å². The van der Waals surface area contributed by atoms with Crippen molar-refractivity contribution in [2.45, 2.75) is 297 Å². The second-order valence-corrected chi connectivity index (χ2v) is 20.2. The van der Waals surface area contributed by atoms with Crippen LogP contribution in [0.5, 0.6) is 0 Å². The number of carbonyl (C=O) groups is 3. The number of hydrogen-bond donors (Lipinski definition) is 0. The molecular weight excluding hydrogens is 901 g/mol. The Morgan fingerprint density at radius 1 is 0.288 bits per heavy atom. The van der Waals surface area contributed by atoms with E-state index in [2.05, 4.69) is 118 Å². The van der Waals surface area contributed by atoms with E-state index < -0.39 is 6.10 Å². The van der Waals surface area contributed by atoms with Crippen LogP contribution in [0.3, 0.4) is 0 Å². The third-order valence-electron chi connectivity index (χ3n) is 13.1. The maximum atomic E-state index is 12.9. The van der Waals surface area contributed by atoms with E-state index in [4.69, 9.17) is 14.2 Å². The molecule has 0 aromatic heterocycles. The first kappa shape index (κ1) is 69.3. The summed E-state index contributed by atoms with van der Waals surface area (Å²) in [7, 11) is 0. The molecule has 0 saturated heterocycles. The van der Waals surface area contributed by atoms with Gasteiger partial charge in [0.05, 0.1) is 0 Å². The number of hydrogen-bond acceptors (Lipinski definition) is 6. The summed E-state index contributed by atoms with van der Waals surface area (Å²) in [6, 6.07) is 0. The molecular formula is C67H114O6. The molecule has 0 aliphatic rings. The van der Waals surface area contributed by atoms with E-state index in [1.807, 2.05) is 0 Å². The number of esters is 3. The van der Waals surface area contributed by atoms with Crippen LogP contribution in [0.15, 0.2) is 97.2 Å². The molecule has 6 nitrogen and oxygen atoms in total. The predicted octanol–water partition coefficient (Wildman–Crippen LogP) is 20.9. The van der Waals surface area contributed by atoms with Gasteiger partial charge in [-0.3, -0.25) is 14.4 Å². The van der Waals surface area contributed by atoms with Gasteiger partial charge in [0.25, 0.3) is 0 Å². The first-order chi connectivity index (χ1) is 36.0. The van der Waals surface area contributed by atoms with Gasteiger partial charge in [0.15, 0.2) is 6.10 Å². The molecule has 0 aliphatic carbocycles. The summed E-state index contributed by atoms with van der Waals surface area (Å²) < 4.78 is 16.9. The fourth-order valence-corrected chi connectivity index (χ4v) is 8.50. The maximum Gasteiger partial charge on any atom is 0.306 e. The number of carbonyl (C=O) groups excluding carboxylic acids is 3. The molecule has 0 radical (unpaired) electrons. The molecule has 0 N–H and O–H groups in total. The Kier molecular flexibility index (Phi) is 57.8. The molecule has 0 rings (SSSR count). The SMILES string of the molecule is CC/C=C\C/C=C\C/C=C\C/C=C\CCCCC(=O)OCC(COC(=O)CCCCCCCCCCCCC/C=C\CCCCCCCCCC)OC(=O)CCCCCCCCC/C=C\C/C=C\C/C=C\CC. The summed E-state index contributed by atoms with van der Waals surface area (Å²) in [6.07, 6.45) is 81.3. The Labute approximate surface area is 451 Å². The number of rotatable bonds is 55. The van der Waals surface area contributed by atoms with Gasteiger partial charge >= 0.3 is 17.9 Å². The smallest absolute Gasteiger partial charge is 0.306 e. The molecule has 0 heterocycles. The Morgan fingerprint density at radius 2 is 0.534 bits per heavy atom. The quantitative estimate of drug-likeness (QED) is 0.0261. The van der Waals surface area contributed by atoms with Gasteiger partial charge in [-0.05, 0) is 116 Å². The molecule has 0 saturated carbocycles. The van der Waals surface area contributed by atoms with E-state index in [0.717, 1.165) is 109 Å². The van der Waals surface area contributed by atoms with Crippen molar-refractivity contribution >= 4 is 17.9 Å². The summed E-state index contributed by atoms with van der Waals surface area (Å²) in [6.45, 7) is 6.39. The van der Waals surface area contributed by atoms with Gasteiger partial charge in [-0.2, -0.15) is 0 Å². The minimum Gasteiger partial charge on any atom is -0.462 e. The van der Waals surface area contributed by atoms with Crippen LogP contribution in [0.1, 0.15) is 290 Å². The fourth-order valence-electron chi connectivity index (χ4n) is 8.50. The second-order valence-electron chi connectivity index (χ2n) is 20.2. The Morgan fingerprint density at radius 3 is 0.877 bits per heavy atom. The van der Waals surface area contributed by atoms with Crippen LogP contribution < -0.4 is 0 Å². The van der Waals surface area contributed by atoms with Crippen LogP contribution in [0.25, 0.3) is 0 Å². The number of allylic oxidation sites excluding steroid dienone is 16. The van der Waals surface area contributed by atoms with Crippen molar-refractivity contribution in [2.24, 2.45) is 0 Å². The van der Waals surface area contributed by atoms with Gasteiger partial charge in [0.2, 0.25) is 0 Å². The molecule has 0 fully saturated rings. The lowest BCUT2D eigenvalue weighted by Crippen LogP contribution is -2.30. The lowest BCUT2D eigenvalue weighted by Gasteiger charge is -2.18. The summed E-state index contributed by atoms with van der Waals surface area (Å²) in [5, 5.41) is 0. The summed E-state index contributed by atoms with van der Waals surface area (Å²) >= 11 is 0. The molecule has 0 aromatic carbocycles. The molecule has 418 valence electrons. The van der Waals surface area contributed by atoms with Crippen LogP contribution >= 0.6 is 0 Å². The zero-order valence-electron chi connectivity index (χ0n) is 47.9. The van der Waals surface area contributed by atoms with Crippen molar-refractivity contribution in [1.29, 1.82) is 0 Å². The van der Waals surface area contributed by atoms with Gasteiger partial charge in [-0.25, -0.2) is 0 Å².